The number of aryl methyl sites for hydroxylation is 2. The van der Waals surface area contributed by atoms with Gasteiger partial charge in [0.15, 0.2) is 0 Å². The van der Waals surface area contributed by atoms with E-state index >= 15 is 0 Å². The standard InChI is InChI=1S/C15H17FN4.C13H15N3O/c1-10(6-17)7-18-8-12-9-20-14(19-12)5-4-13(15(20)16)11-2-3-11;1-8-5-11-10(3-4-16-13(11)14)9(2)12(8)6-15-7-17/h4-7,9,11H,2-3,8,17H2,1H3;3-5,7H,6H2,1-2H3,(H2,14,16)(H,15,17)/b10-6-,18-7?;. The van der Waals surface area contributed by atoms with Gasteiger partial charge in [-0.05, 0) is 91.6 Å². The van der Waals surface area contributed by atoms with Crippen molar-refractivity contribution < 1.29 is 9.18 Å². The van der Waals surface area contributed by atoms with Gasteiger partial charge in [0, 0.05) is 36.1 Å². The van der Waals surface area contributed by atoms with Crippen molar-refractivity contribution >= 4 is 34.9 Å². The van der Waals surface area contributed by atoms with Gasteiger partial charge in [-0.15, -0.1) is 0 Å². The molecule has 4 aromatic rings. The van der Waals surface area contributed by atoms with Crippen LogP contribution in [0.25, 0.3) is 16.4 Å². The zero-order chi connectivity index (χ0) is 26.5. The van der Waals surface area contributed by atoms with E-state index in [1.165, 1.54) is 10.6 Å². The number of pyridine rings is 2. The Labute approximate surface area is 215 Å². The monoisotopic (exact) mass is 501 g/mol. The summed E-state index contributed by atoms with van der Waals surface area (Å²) in [5, 5.41) is 4.76. The average molecular weight is 502 g/mol. The van der Waals surface area contributed by atoms with E-state index in [2.05, 4.69) is 20.3 Å². The molecule has 5 N–H and O–H groups in total. The molecule has 0 saturated heterocycles. The molecule has 1 fully saturated rings. The number of allylic oxidation sites excluding steroid dienone is 1. The smallest absolute Gasteiger partial charge is 0.207 e. The number of hydrogen-bond acceptors (Lipinski definition) is 6. The Balaban J connectivity index is 0.000000176. The minimum Gasteiger partial charge on any atom is -0.404 e. The molecule has 9 heteroatoms. The molecule has 1 aromatic carbocycles. The number of rotatable bonds is 7. The Morgan fingerprint density at radius 1 is 1.27 bits per heavy atom. The largest absolute Gasteiger partial charge is 0.404 e. The van der Waals surface area contributed by atoms with Crippen LogP contribution in [0.1, 0.15) is 53.6 Å². The van der Waals surface area contributed by atoms with Gasteiger partial charge in [-0.3, -0.25) is 14.2 Å². The fourth-order valence-electron chi connectivity index (χ4n) is 4.34. The van der Waals surface area contributed by atoms with Crippen LogP contribution in [-0.4, -0.2) is 27.0 Å². The fourth-order valence-corrected chi connectivity index (χ4v) is 4.34. The highest BCUT2D eigenvalue weighted by Crippen LogP contribution is 2.41. The van der Waals surface area contributed by atoms with E-state index in [1.54, 1.807) is 18.6 Å². The molecule has 1 aliphatic carbocycles. The Kier molecular flexibility index (Phi) is 7.81. The van der Waals surface area contributed by atoms with E-state index in [4.69, 9.17) is 11.5 Å². The molecule has 0 unspecified atom stereocenters. The third kappa shape index (κ3) is 5.77. The summed E-state index contributed by atoms with van der Waals surface area (Å²) in [4.78, 5) is 23.1. The van der Waals surface area contributed by atoms with Crippen LogP contribution in [0.3, 0.4) is 0 Å². The van der Waals surface area contributed by atoms with Gasteiger partial charge < -0.3 is 16.8 Å². The molecule has 0 aliphatic heterocycles. The van der Waals surface area contributed by atoms with Crippen molar-refractivity contribution in [3.05, 3.63) is 82.3 Å². The van der Waals surface area contributed by atoms with Crippen LogP contribution in [0.2, 0.25) is 0 Å². The number of amides is 1. The molecule has 3 heterocycles. The van der Waals surface area contributed by atoms with Crippen LogP contribution >= 0.6 is 0 Å². The van der Waals surface area contributed by atoms with Crippen molar-refractivity contribution in [3.63, 3.8) is 0 Å². The number of aromatic nitrogens is 3. The Morgan fingerprint density at radius 3 is 2.76 bits per heavy atom. The van der Waals surface area contributed by atoms with Crippen molar-refractivity contribution in [1.82, 2.24) is 19.7 Å². The van der Waals surface area contributed by atoms with Gasteiger partial charge in [-0.25, -0.2) is 9.97 Å². The number of nitrogens with zero attached hydrogens (tertiary/aromatic N) is 4. The van der Waals surface area contributed by atoms with E-state index in [-0.39, 0.29) is 5.95 Å². The van der Waals surface area contributed by atoms with E-state index in [1.807, 2.05) is 45.0 Å². The predicted molar refractivity (Wildman–Crippen MR) is 146 cm³/mol. The van der Waals surface area contributed by atoms with Gasteiger partial charge >= 0.3 is 0 Å². The zero-order valence-corrected chi connectivity index (χ0v) is 21.3. The number of nitrogen functional groups attached to an aromatic ring is 1. The number of nitrogens with two attached hydrogens (primary N) is 2. The third-order valence-corrected chi connectivity index (χ3v) is 6.55. The SMILES string of the molecule is C/C(C=NCc1cn2c(F)c(C3CC3)ccc2n1)=C/N.Cc1cc2c(N)nccc2c(C)c1CNC=O. The Morgan fingerprint density at radius 2 is 2.05 bits per heavy atom. The molecule has 0 radical (unpaired) electrons. The summed E-state index contributed by atoms with van der Waals surface area (Å²) in [5.74, 6) is 0.745. The summed E-state index contributed by atoms with van der Waals surface area (Å²) in [6, 6.07) is 7.69. The van der Waals surface area contributed by atoms with Gasteiger partial charge in [0.1, 0.15) is 11.5 Å². The zero-order valence-electron chi connectivity index (χ0n) is 21.3. The summed E-state index contributed by atoms with van der Waals surface area (Å²) < 4.78 is 15.9. The number of nitrogens with one attached hydrogen (secondary N) is 1. The number of halogens is 1. The lowest BCUT2D eigenvalue weighted by atomic mass is 9.96. The van der Waals surface area contributed by atoms with Gasteiger partial charge in [-0.2, -0.15) is 4.39 Å². The molecule has 0 spiro atoms. The first kappa shape index (κ1) is 25.8. The molecule has 0 bridgehead atoms. The second-order valence-corrected chi connectivity index (χ2v) is 9.28. The molecular formula is C28H32FN7O. The summed E-state index contributed by atoms with van der Waals surface area (Å²) in [6.07, 6.45) is 9.49. The highest BCUT2D eigenvalue weighted by Gasteiger charge is 2.27. The summed E-state index contributed by atoms with van der Waals surface area (Å²) in [7, 11) is 0. The first-order valence-corrected chi connectivity index (χ1v) is 12.2. The van der Waals surface area contributed by atoms with Crippen LogP contribution in [0.4, 0.5) is 10.2 Å². The summed E-state index contributed by atoms with van der Waals surface area (Å²) in [6.45, 7) is 6.89. The maximum absolute atomic E-state index is 14.3. The predicted octanol–water partition coefficient (Wildman–Crippen LogP) is 4.46. The number of hydrogen-bond donors (Lipinski definition) is 3. The second-order valence-electron chi connectivity index (χ2n) is 9.28. The lowest BCUT2D eigenvalue weighted by molar-refractivity contribution is -0.109. The molecular weight excluding hydrogens is 469 g/mol. The number of carbonyl (C=O) groups excluding carboxylic acids is 1. The van der Waals surface area contributed by atoms with Gasteiger partial charge in [-0.1, -0.05) is 6.07 Å². The van der Waals surface area contributed by atoms with E-state index in [0.29, 0.717) is 36.9 Å². The lowest BCUT2D eigenvalue weighted by Crippen LogP contribution is -2.12. The molecule has 192 valence electrons. The van der Waals surface area contributed by atoms with Crippen LogP contribution in [-0.2, 0) is 17.9 Å². The molecule has 1 amide bonds. The molecule has 37 heavy (non-hydrogen) atoms. The number of benzene rings is 1. The molecule has 5 rings (SSSR count). The Bertz CT molecular complexity index is 1500. The fraction of sp³-hybridized carbons (Fsp3) is 0.286. The van der Waals surface area contributed by atoms with Crippen molar-refractivity contribution in [3.8, 4) is 0 Å². The normalized spacial score (nSPS) is 13.7. The minimum absolute atomic E-state index is 0.189. The van der Waals surface area contributed by atoms with E-state index in [0.717, 1.165) is 57.1 Å². The minimum atomic E-state index is -0.189. The van der Waals surface area contributed by atoms with Gasteiger partial charge in [0.05, 0.1) is 12.2 Å². The Hall–Kier alpha value is -4.27. The summed E-state index contributed by atoms with van der Waals surface area (Å²) >= 11 is 0. The molecule has 0 atom stereocenters. The molecule has 8 nitrogen and oxygen atoms in total. The highest BCUT2D eigenvalue weighted by molar-refractivity contribution is 5.94. The molecule has 1 aliphatic rings. The number of anilines is 1. The third-order valence-electron chi connectivity index (χ3n) is 6.55. The van der Waals surface area contributed by atoms with Crippen molar-refractivity contribution in [2.75, 3.05) is 5.73 Å². The van der Waals surface area contributed by atoms with Crippen molar-refractivity contribution in [2.45, 2.75) is 52.6 Å². The quantitative estimate of drug-likeness (QED) is 0.196. The number of carbonyl (C=O) groups is 1. The van der Waals surface area contributed by atoms with E-state index < -0.39 is 0 Å². The molecule has 3 aromatic heterocycles. The van der Waals surface area contributed by atoms with Crippen LogP contribution in [0, 0.1) is 19.8 Å². The number of aliphatic imine (C=N–C) groups is 1. The number of imidazole rings is 1. The first-order chi connectivity index (χ1) is 17.8. The van der Waals surface area contributed by atoms with Crippen LogP contribution < -0.4 is 16.8 Å². The van der Waals surface area contributed by atoms with Gasteiger partial charge in [0.2, 0.25) is 12.4 Å². The number of fused-ring (bicyclic) bond motifs is 2. The van der Waals surface area contributed by atoms with Gasteiger partial charge in [0.25, 0.3) is 0 Å². The maximum Gasteiger partial charge on any atom is 0.207 e. The topological polar surface area (TPSA) is 124 Å². The van der Waals surface area contributed by atoms with Crippen LogP contribution in [0.15, 0.2) is 53.4 Å². The summed E-state index contributed by atoms with van der Waals surface area (Å²) in [5.41, 5.74) is 17.7. The van der Waals surface area contributed by atoms with Crippen LogP contribution in [0.5, 0.6) is 0 Å². The van der Waals surface area contributed by atoms with Crippen molar-refractivity contribution in [2.24, 2.45) is 10.7 Å². The van der Waals surface area contributed by atoms with E-state index in [9.17, 15) is 9.18 Å². The highest BCUT2D eigenvalue weighted by atomic mass is 19.1. The second kappa shape index (κ2) is 11.2. The average Bonchev–Trinajstić information content (AvgIpc) is 3.64. The maximum atomic E-state index is 14.3. The molecule has 1 saturated carbocycles. The lowest BCUT2D eigenvalue weighted by Gasteiger charge is -2.13. The van der Waals surface area contributed by atoms with Crippen molar-refractivity contribution in [1.29, 1.82) is 0 Å². The first-order valence-electron chi connectivity index (χ1n) is 12.2.